The number of carbonyl (C=O) groups excluding carboxylic acids is 3. The molecule has 10 heteroatoms. The molecule has 0 unspecified atom stereocenters. The van der Waals surface area contributed by atoms with Gasteiger partial charge in [0, 0.05) is 42.1 Å². The van der Waals surface area contributed by atoms with Gasteiger partial charge in [0.1, 0.15) is 12.1 Å². The summed E-state index contributed by atoms with van der Waals surface area (Å²) in [4.78, 5) is 50.7. The van der Waals surface area contributed by atoms with Crippen LogP contribution >= 0.6 is 0 Å². The SMILES string of the molecule is CC(C)C[C@H]1C(=O)N2CCC[C@@H]2[C@]2(O)O[C@](NC(=O)[C@@H]3C=C4c5cccc6[nH]cc(c56)C[C@H]4N(C)C3)(C(C)C)C(=O)N12. The number of rotatable bonds is 5. The smallest absolute Gasteiger partial charge is 0.281 e. The molecule has 0 spiro atoms. The standard InChI is InChI=1S/C32H41N5O5/c1-17(2)12-25-29(39)36-11-7-10-26(36)32(41)37(25)30(40)31(42-32,18(3)4)34-28(38)20-13-22-21-8-6-9-23-27(21)19(15-33-23)14-24(22)35(5)16-20/h6,8-9,13,15,17-18,20,24-26,33,41H,7,10-12,14,16H2,1-5H3,(H,34,38)/t20-,24-,25+,26-,31-,32+/m1/s1. The van der Waals surface area contributed by atoms with Crippen LogP contribution in [0.1, 0.15) is 58.1 Å². The zero-order valence-electron chi connectivity index (χ0n) is 25.0. The molecule has 3 N–H and O–H groups in total. The molecule has 0 radical (unpaired) electrons. The van der Waals surface area contributed by atoms with Crippen LogP contribution < -0.4 is 5.32 Å². The number of piperazine rings is 1. The molecule has 7 rings (SSSR count). The first-order valence-electron chi connectivity index (χ1n) is 15.4. The van der Waals surface area contributed by atoms with Crippen LogP contribution in [0.25, 0.3) is 16.5 Å². The molecule has 2 aromatic rings. The number of amides is 3. The van der Waals surface area contributed by atoms with Crippen LogP contribution in [-0.2, 0) is 25.5 Å². The molecule has 10 nitrogen and oxygen atoms in total. The Bertz CT molecular complexity index is 1510. The second kappa shape index (κ2) is 9.39. The van der Waals surface area contributed by atoms with E-state index in [1.165, 1.54) is 15.8 Å². The fraction of sp³-hybridized carbons (Fsp3) is 0.594. The quantitative estimate of drug-likeness (QED) is 0.504. The minimum atomic E-state index is -2.00. The van der Waals surface area contributed by atoms with Gasteiger partial charge < -0.3 is 20.3 Å². The molecule has 0 saturated carbocycles. The van der Waals surface area contributed by atoms with E-state index in [1.807, 2.05) is 46.9 Å². The van der Waals surface area contributed by atoms with Gasteiger partial charge in [-0.2, -0.15) is 0 Å². The summed E-state index contributed by atoms with van der Waals surface area (Å²) < 4.78 is 6.43. The Labute approximate surface area is 246 Å². The van der Waals surface area contributed by atoms with Gasteiger partial charge in [0.15, 0.2) is 0 Å². The van der Waals surface area contributed by atoms with Gasteiger partial charge in [0.05, 0.1) is 5.92 Å². The highest BCUT2D eigenvalue weighted by Crippen LogP contribution is 2.48. The Morgan fingerprint density at radius 2 is 2.02 bits per heavy atom. The highest BCUT2D eigenvalue weighted by Gasteiger charge is 2.72. The van der Waals surface area contributed by atoms with Crippen molar-refractivity contribution in [3.8, 4) is 0 Å². The van der Waals surface area contributed by atoms with E-state index in [-0.39, 0.29) is 23.8 Å². The third-order valence-corrected chi connectivity index (χ3v) is 10.2. The van der Waals surface area contributed by atoms with E-state index in [4.69, 9.17) is 4.74 Å². The van der Waals surface area contributed by atoms with E-state index in [1.54, 1.807) is 4.90 Å². The number of H-pyrrole nitrogens is 1. The summed E-state index contributed by atoms with van der Waals surface area (Å²) in [6, 6.07) is 4.84. The van der Waals surface area contributed by atoms with Crippen LogP contribution in [-0.4, -0.2) is 92.4 Å². The predicted molar refractivity (Wildman–Crippen MR) is 156 cm³/mol. The number of benzene rings is 1. The molecule has 1 aliphatic carbocycles. The fourth-order valence-electron chi connectivity index (χ4n) is 8.10. The van der Waals surface area contributed by atoms with Crippen LogP contribution in [0.5, 0.6) is 0 Å². The summed E-state index contributed by atoms with van der Waals surface area (Å²) >= 11 is 0. The van der Waals surface area contributed by atoms with Crippen molar-refractivity contribution in [2.75, 3.05) is 20.1 Å². The maximum atomic E-state index is 14.4. The molecule has 0 bridgehead atoms. The second-order valence-corrected chi connectivity index (χ2v) is 13.6. The number of likely N-dealkylation sites (N-methyl/N-ethyl adjacent to an activating group) is 1. The lowest BCUT2D eigenvalue weighted by Crippen LogP contribution is -2.71. The molecular weight excluding hydrogens is 534 g/mol. The molecule has 6 atom stereocenters. The first-order chi connectivity index (χ1) is 20.0. The van der Waals surface area contributed by atoms with Crippen LogP contribution in [0, 0.1) is 17.8 Å². The van der Waals surface area contributed by atoms with Gasteiger partial charge in [0.2, 0.25) is 17.5 Å². The summed E-state index contributed by atoms with van der Waals surface area (Å²) in [5, 5.41) is 16.3. The minimum Gasteiger partial charge on any atom is -0.361 e. The lowest BCUT2D eigenvalue weighted by atomic mass is 9.79. The van der Waals surface area contributed by atoms with Crippen molar-refractivity contribution in [2.24, 2.45) is 17.8 Å². The molecule has 3 fully saturated rings. The molecule has 224 valence electrons. The van der Waals surface area contributed by atoms with Gasteiger partial charge in [-0.3, -0.25) is 28.9 Å². The average Bonchev–Trinajstić information content (AvgIpc) is 3.65. The number of aromatic amines is 1. The molecule has 5 aliphatic rings. The molecule has 1 aromatic carbocycles. The van der Waals surface area contributed by atoms with Crippen molar-refractivity contribution in [1.82, 2.24) is 25.0 Å². The summed E-state index contributed by atoms with van der Waals surface area (Å²) in [5.41, 5.74) is 2.79. The molecule has 5 heterocycles. The topological polar surface area (TPSA) is 118 Å². The van der Waals surface area contributed by atoms with E-state index in [9.17, 15) is 19.5 Å². The summed E-state index contributed by atoms with van der Waals surface area (Å²) in [7, 11) is 2.03. The van der Waals surface area contributed by atoms with Gasteiger partial charge in [-0.15, -0.1) is 0 Å². The van der Waals surface area contributed by atoms with Crippen LogP contribution in [0.2, 0.25) is 0 Å². The first kappa shape index (κ1) is 27.6. The largest absolute Gasteiger partial charge is 0.361 e. The Morgan fingerprint density at radius 3 is 2.76 bits per heavy atom. The Kier molecular flexibility index (Phi) is 6.18. The van der Waals surface area contributed by atoms with Crippen LogP contribution in [0.4, 0.5) is 0 Å². The number of ether oxygens (including phenoxy) is 1. The number of aliphatic hydroxyl groups is 1. The third-order valence-electron chi connectivity index (χ3n) is 10.2. The molecule has 3 amide bonds. The molecule has 42 heavy (non-hydrogen) atoms. The number of nitrogens with one attached hydrogen (secondary N) is 2. The summed E-state index contributed by atoms with van der Waals surface area (Å²) in [6.07, 6.45) is 6.62. The number of aromatic nitrogens is 1. The average molecular weight is 576 g/mol. The van der Waals surface area contributed by atoms with Crippen molar-refractivity contribution in [1.29, 1.82) is 0 Å². The van der Waals surface area contributed by atoms with Crippen LogP contribution in [0.3, 0.4) is 0 Å². The lowest BCUT2D eigenvalue weighted by Gasteiger charge is -2.49. The van der Waals surface area contributed by atoms with Gasteiger partial charge in [-0.1, -0.05) is 45.9 Å². The van der Waals surface area contributed by atoms with E-state index in [2.05, 4.69) is 33.5 Å². The zero-order valence-corrected chi connectivity index (χ0v) is 25.0. The third kappa shape index (κ3) is 3.70. The molecular formula is C32H41N5O5. The molecule has 4 aliphatic heterocycles. The normalized spacial score (nSPS) is 34.2. The molecule has 3 saturated heterocycles. The first-order valence-corrected chi connectivity index (χ1v) is 15.4. The highest BCUT2D eigenvalue weighted by atomic mass is 16.7. The zero-order chi connectivity index (χ0) is 29.7. The van der Waals surface area contributed by atoms with Gasteiger partial charge >= 0.3 is 0 Å². The maximum absolute atomic E-state index is 14.4. The second-order valence-electron chi connectivity index (χ2n) is 13.6. The van der Waals surface area contributed by atoms with Gasteiger partial charge in [0.25, 0.3) is 11.8 Å². The Morgan fingerprint density at radius 1 is 1.24 bits per heavy atom. The van der Waals surface area contributed by atoms with Crippen molar-refractivity contribution in [3.05, 3.63) is 41.6 Å². The number of nitrogens with zero attached hydrogens (tertiary/aromatic N) is 3. The fourth-order valence-corrected chi connectivity index (χ4v) is 8.10. The maximum Gasteiger partial charge on any atom is 0.281 e. The van der Waals surface area contributed by atoms with Gasteiger partial charge in [-0.05, 0) is 61.4 Å². The number of carbonyl (C=O) groups is 3. The van der Waals surface area contributed by atoms with Gasteiger partial charge in [-0.25, -0.2) is 0 Å². The van der Waals surface area contributed by atoms with E-state index in [0.29, 0.717) is 25.9 Å². The van der Waals surface area contributed by atoms with Crippen molar-refractivity contribution in [2.45, 2.75) is 83.1 Å². The lowest BCUT2D eigenvalue weighted by molar-refractivity contribution is -0.322. The van der Waals surface area contributed by atoms with Crippen molar-refractivity contribution < 1.29 is 24.2 Å². The predicted octanol–water partition coefficient (Wildman–Crippen LogP) is 2.43. The van der Waals surface area contributed by atoms with E-state index >= 15 is 0 Å². The van der Waals surface area contributed by atoms with Crippen molar-refractivity contribution >= 4 is 34.2 Å². The molecule has 1 aromatic heterocycles. The summed E-state index contributed by atoms with van der Waals surface area (Å²) in [6.45, 7) is 8.60. The van der Waals surface area contributed by atoms with E-state index in [0.717, 1.165) is 29.5 Å². The number of hydrogen-bond acceptors (Lipinski definition) is 6. The van der Waals surface area contributed by atoms with E-state index < -0.39 is 41.5 Å². The summed E-state index contributed by atoms with van der Waals surface area (Å²) in [5.74, 6) is -3.97. The minimum absolute atomic E-state index is 0.108. The van der Waals surface area contributed by atoms with Crippen LogP contribution in [0.15, 0.2) is 30.5 Å². The monoisotopic (exact) mass is 575 g/mol. The van der Waals surface area contributed by atoms with Crippen molar-refractivity contribution in [3.63, 3.8) is 0 Å². The highest BCUT2D eigenvalue weighted by molar-refractivity contribution is 6.01. The Balaban J connectivity index is 1.24. The Hall–Kier alpha value is -3.21. The number of fused-ring (bicyclic) bond motifs is 5. The number of hydrogen-bond donors (Lipinski definition) is 3.